The average Bonchev–Trinajstić information content (AvgIpc) is 3.28. The van der Waals surface area contributed by atoms with Crippen LogP contribution in [0.3, 0.4) is 0 Å². The molecule has 0 bridgehead atoms. The number of halogens is 4. The number of hydrogen-bond donors (Lipinski definition) is 1. The monoisotopic (exact) mass is 697 g/mol. The molecule has 3 heterocycles. The molecule has 1 aliphatic heterocycles. The molecule has 2 aromatic heterocycles. The van der Waals surface area contributed by atoms with Gasteiger partial charge in [0.2, 0.25) is 15.9 Å². The number of sulfonamides is 1. The van der Waals surface area contributed by atoms with Gasteiger partial charge in [-0.3, -0.25) is 14.4 Å². The number of aryl methyl sites for hydroxylation is 1. The normalized spacial score (nSPS) is 14.2. The molecule has 1 fully saturated rings. The van der Waals surface area contributed by atoms with Crippen LogP contribution in [0.5, 0.6) is 17.4 Å². The van der Waals surface area contributed by atoms with Gasteiger partial charge in [-0.15, -0.1) is 17.0 Å². The number of benzene rings is 2. The van der Waals surface area contributed by atoms with Gasteiger partial charge in [-0.05, 0) is 42.0 Å². The fourth-order valence-electron chi connectivity index (χ4n) is 4.80. The van der Waals surface area contributed by atoms with Gasteiger partial charge in [0.25, 0.3) is 5.91 Å². The van der Waals surface area contributed by atoms with Crippen molar-refractivity contribution in [2.24, 2.45) is 7.05 Å². The van der Waals surface area contributed by atoms with Crippen molar-refractivity contribution in [1.82, 2.24) is 19.4 Å². The highest BCUT2D eigenvalue weighted by atomic mass is 79.9. The van der Waals surface area contributed by atoms with E-state index in [0.29, 0.717) is 49.9 Å². The summed E-state index contributed by atoms with van der Waals surface area (Å²) in [4.78, 5) is 21.6. The fraction of sp³-hybridized carbons (Fsp3) is 0.310. The summed E-state index contributed by atoms with van der Waals surface area (Å²) < 4.78 is 74.6. The van der Waals surface area contributed by atoms with E-state index < -0.39 is 22.8 Å². The van der Waals surface area contributed by atoms with Gasteiger partial charge in [0.05, 0.1) is 23.7 Å². The molecular weight excluding hydrogens is 667 g/mol. The molecule has 5 rings (SSSR count). The van der Waals surface area contributed by atoms with Crippen LogP contribution in [0.1, 0.15) is 16.1 Å². The van der Waals surface area contributed by atoms with E-state index in [1.54, 1.807) is 30.3 Å². The van der Waals surface area contributed by atoms with Gasteiger partial charge in [0.15, 0.2) is 6.61 Å². The standard InChI is InChI=1S/C29H30F3N5O5S.BrH/c1-35-25-16-24(42-27-10-6-22(17-33-27)34-43(2,39)40)9-5-21(25)15-26(35)28(38)37-13-11-36(12-14-37)18-20-3-7-23(8-4-20)41-19-29(30,31)32;/h3-10,15-17,34H,11-14,18-19H2,1-2H3;1H. The van der Waals surface area contributed by atoms with Crippen LogP contribution in [-0.2, 0) is 23.6 Å². The third-order valence-electron chi connectivity index (χ3n) is 6.89. The fourth-order valence-corrected chi connectivity index (χ4v) is 5.35. The second kappa shape index (κ2) is 13.4. The van der Waals surface area contributed by atoms with Crippen molar-refractivity contribution in [2.45, 2.75) is 12.7 Å². The predicted molar refractivity (Wildman–Crippen MR) is 165 cm³/mol. The zero-order valence-electron chi connectivity index (χ0n) is 23.9. The van der Waals surface area contributed by atoms with Crippen molar-refractivity contribution >= 4 is 49.5 Å². The number of hydrogen-bond acceptors (Lipinski definition) is 7. The Morgan fingerprint density at radius 2 is 1.66 bits per heavy atom. The Morgan fingerprint density at radius 3 is 2.27 bits per heavy atom. The van der Waals surface area contributed by atoms with Crippen LogP contribution in [0, 0.1) is 0 Å². The molecule has 44 heavy (non-hydrogen) atoms. The number of fused-ring (bicyclic) bond motifs is 1. The maximum atomic E-state index is 13.4. The van der Waals surface area contributed by atoms with Gasteiger partial charge in [-0.2, -0.15) is 13.2 Å². The molecule has 0 aliphatic carbocycles. The van der Waals surface area contributed by atoms with Gasteiger partial charge < -0.3 is 18.9 Å². The molecule has 0 radical (unpaired) electrons. The third kappa shape index (κ3) is 8.64. The highest BCUT2D eigenvalue weighted by molar-refractivity contribution is 8.93. The van der Waals surface area contributed by atoms with Crippen LogP contribution in [0.15, 0.2) is 66.9 Å². The minimum Gasteiger partial charge on any atom is -0.484 e. The lowest BCUT2D eigenvalue weighted by Gasteiger charge is -2.34. The zero-order valence-corrected chi connectivity index (χ0v) is 26.4. The number of amides is 1. The molecule has 0 saturated carbocycles. The van der Waals surface area contributed by atoms with Gasteiger partial charge in [0, 0.05) is 57.3 Å². The molecular formula is C29H31BrF3N5O5S. The van der Waals surface area contributed by atoms with Gasteiger partial charge in [0.1, 0.15) is 17.2 Å². The summed E-state index contributed by atoms with van der Waals surface area (Å²) >= 11 is 0. The quantitative estimate of drug-likeness (QED) is 0.256. The van der Waals surface area contributed by atoms with Crippen molar-refractivity contribution in [3.63, 3.8) is 0 Å². The number of anilines is 1. The molecule has 15 heteroatoms. The minimum atomic E-state index is -4.38. The van der Waals surface area contributed by atoms with Crippen molar-refractivity contribution in [3.8, 4) is 17.4 Å². The van der Waals surface area contributed by atoms with E-state index in [4.69, 9.17) is 9.47 Å². The molecule has 2 aromatic carbocycles. The second-order valence-electron chi connectivity index (χ2n) is 10.3. The summed E-state index contributed by atoms with van der Waals surface area (Å²) in [5.74, 6) is 0.882. The topological polar surface area (TPSA) is 106 Å². The number of piperazine rings is 1. The molecule has 1 N–H and O–H groups in total. The first kappa shape index (κ1) is 33.1. The molecule has 236 valence electrons. The number of pyridine rings is 1. The number of carbonyl (C=O) groups is 1. The Morgan fingerprint density at radius 1 is 0.977 bits per heavy atom. The summed E-state index contributed by atoms with van der Waals surface area (Å²) in [7, 11) is -1.59. The van der Waals surface area contributed by atoms with Crippen molar-refractivity contribution in [2.75, 3.05) is 43.8 Å². The molecule has 1 saturated heterocycles. The first-order valence-corrected chi connectivity index (χ1v) is 15.2. The largest absolute Gasteiger partial charge is 0.484 e. The molecule has 0 atom stereocenters. The van der Waals surface area contributed by atoms with Crippen LogP contribution < -0.4 is 14.2 Å². The predicted octanol–water partition coefficient (Wildman–Crippen LogP) is 5.21. The molecule has 1 amide bonds. The van der Waals surface area contributed by atoms with E-state index in [2.05, 4.69) is 14.6 Å². The first-order chi connectivity index (χ1) is 20.3. The molecule has 1 aliphatic rings. The summed E-state index contributed by atoms with van der Waals surface area (Å²) in [5.41, 5.74) is 2.62. The molecule has 0 spiro atoms. The summed E-state index contributed by atoms with van der Waals surface area (Å²) in [5, 5.41) is 0.875. The lowest BCUT2D eigenvalue weighted by molar-refractivity contribution is -0.153. The second-order valence-corrected chi connectivity index (χ2v) is 12.0. The molecule has 4 aromatic rings. The summed E-state index contributed by atoms with van der Waals surface area (Å²) in [6.07, 6.45) is -1.96. The van der Waals surface area contributed by atoms with Crippen molar-refractivity contribution in [1.29, 1.82) is 0 Å². The van der Waals surface area contributed by atoms with E-state index in [0.717, 1.165) is 22.7 Å². The number of aromatic nitrogens is 2. The third-order valence-corrected chi connectivity index (χ3v) is 7.50. The smallest absolute Gasteiger partial charge is 0.422 e. The Labute approximate surface area is 263 Å². The van der Waals surface area contributed by atoms with E-state index in [1.165, 1.54) is 18.3 Å². The van der Waals surface area contributed by atoms with Crippen molar-refractivity contribution in [3.05, 3.63) is 78.1 Å². The lowest BCUT2D eigenvalue weighted by Crippen LogP contribution is -2.48. The van der Waals surface area contributed by atoms with Crippen LogP contribution in [-0.4, -0.2) is 78.9 Å². The van der Waals surface area contributed by atoms with E-state index in [9.17, 15) is 26.4 Å². The number of nitrogens with zero attached hydrogens (tertiary/aromatic N) is 4. The van der Waals surface area contributed by atoms with Gasteiger partial charge in [-0.25, -0.2) is 13.4 Å². The summed E-state index contributed by atoms with van der Waals surface area (Å²) in [6, 6.07) is 17.0. The van der Waals surface area contributed by atoms with Crippen LogP contribution in [0.25, 0.3) is 10.9 Å². The van der Waals surface area contributed by atoms with Crippen molar-refractivity contribution < 1.29 is 35.9 Å². The maximum absolute atomic E-state index is 13.4. The average molecular weight is 699 g/mol. The number of rotatable bonds is 9. The first-order valence-electron chi connectivity index (χ1n) is 13.3. The minimum absolute atomic E-state index is 0. The highest BCUT2D eigenvalue weighted by Gasteiger charge is 2.28. The van der Waals surface area contributed by atoms with E-state index in [1.807, 2.05) is 34.7 Å². The molecule has 0 unspecified atom stereocenters. The molecule has 10 nitrogen and oxygen atoms in total. The van der Waals surface area contributed by atoms with E-state index >= 15 is 0 Å². The zero-order chi connectivity index (χ0) is 30.8. The Balaban J connectivity index is 0.00000442. The maximum Gasteiger partial charge on any atom is 0.422 e. The van der Waals surface area contributed by atoms with Gasteiger partial charge in [-0.1, -0.05) is 12.1 Å². The Hall–Kier alpha value is -3.82. The summed E-state index contributed by atoms with van der Waals surface area (Å²) in [6.45, 7) is 1.68. The lowest BCUT2D eigenvalue weighted by atomic mass is 10.2. The van der Waals surface area contributed by atoms with Crippen LogP contribution in [0.4, 0.5) is 18.9 Å². The number of alkyl halides is 3. The van der Waals surface area contributed by atoms with Crippen LogP contribution in [0.2, 0.25) is 0 Å². The Bertz CT molecular complexity index is 1710. The number of carbonyl (C=O) groups excluding carboxylic acids is 1. The number of ether oxygens (including phenoxy) is 2. The highest BCUT2D eigenvalue weighted by Crippen LogP contribution is 2.28. The SMILES string of the molecule is Br.Cn1c(C(=O)N2CCN(Cc3ccc(OCC(F)(F)F)cc3)CC2)cc2ccc(Oc3ccc(NS(C)(=O)=O)cn3)cc21. The van der Waals surface area contributed by atoms with Gasteiger partial charge >= 0.3 is 6.18 Å². The van der Waals surface area contributed by atoms with Crippen LogP contribution >= 0.6 is 17.0 Å². The van der Waals surface area contributed by atoms with E-state index in [-0.39, 0.29) is 34.5 Å². The number of nitrogens with one attached hydrogen (secondary N) is 1. The Kier molecular flexibility index (Phi) is 10.1.